The standard InChI is InChI=1S/C30H30FN7O4/c1-19-34-36(2)38(35-19)28(20-6-4-3-5-7-20)21-11-14-37(15-12-21)29(39)25-17-22(10-13-32-25)27-18-23-16-24(33-30(40)42-31)8-9-26(23)41-27/h3-10,13,16-18,21,28H,11-12,14-15H2,1-2H3,(H,33,40)(H,34,35). The number of piperidine rings is 1. The first-order valence-corrected chi connectivity index (χ1v) is 13.7. The van der Waals surface area contributed by atoms with Crippen molar-refractivity contribution in [2.45, 2.75) is 25.8 Å². The summed E-state index contributed by atoms with van der Waals surface area (Å²) in [4.78, 5) is 34.1. The highest BCUT2D eigenvalue weighted by Gasteiger charge is 2.37. The van der Waals surface area contributed by atoms with Gasteiger partial charge in [0.25, 0.3) is 5.91 Å². The molecule has 4 aromatic rings. The predicted molar refractivity (Wildman–Crippen MR) is 154 cm³/mol. The number of anilines is 1. The number of nitrogens with one attached hydrogen (secondary N) is 2. The number of carbonyl (C=O) groups excluding carboxylic acids is 2. The number of hydrogen-bond donors (Lipinski definition) is 2. The van der Waals surface area contributed by atoms with Gasteiger partial charge < -0.3 is 9.32 Å². The van der Waals surface area contributed by atoms with Crippen molar-refractivity contribution >= 4 is 34.5 Å². The number of likely N-dealkylation sites (tertiary alicyclic amines) is 1. The van der Waals surface area contributed by atoms with Gasteiger partial charge in [-0.1, -0.05) is 30.3 Å². The third kappa shape index (κ3) is 5.48. The summed E-state index contributed by atoms with van der Waals surface area (Å²) in [5.74, 6) is 1.53. The van der Waals surface area contributed by atoms with Crippen molar-refractivity contribution in [3.8, 4) is 11.3 Å². The number of nitrogens with zero attached hydrogens (tertiary/aromatic N) is 5. The van der Waals surface area contributed by atoms with E-state index in [0.717, 1.165) is 18.7 Å². The third-order valence-corrected chi connectivity index (χ3v) is 7.64. The van der Waals surface area contributed by atoms with Crippen LogP contribution in [-0.2, 0) is 4.94 Å². The number of rotatable bonds is 6. The molecule has 6 rings (SSSR count). The molecule has 2 aromatic heterocycles. The van der Waals surface area contributed by atoms with Crippen LogP contribution in [0.2, 0.25) is 0 Å². The molecule has 2 N–H and O–H groups in total. The number of hydrazone groups is 1. The van der Waals surface area contributed by atoms with E-state index in [1.807, 2.05) is 47.3 Å². The van der Waals surface area contributed by atoms with Gasteiger partial charge in [0.05, 0.1) is 6.04 Å². The summed E-state index contributed by atoms with van der Waals surface area (Å²) in [6.45, 7) is 3.15. The Labute approximate surface area is 241 Å². The monoisotopic (exact) mass is 571 g/mol. The Morgan fingerprint density at radius 2 is 1.88 bits per heavy atom. The lowest BCUT2D eigenvalue weighted by atomic mass is 9.85. The molecule has 1 saturated heterocycles. The fourth-order valence-electron chi connectivity index (χ4n) is 5.70. The van der Waals surface area contributed by atoms with Gasteiger partial charge in [-0.15, -0.1) is 10.2 Å². The molecule has 1 atom stereocenters. The normalized spacial score (nSPS) is 16.7. The zero-order valence-electron chi connectivity index (χ0n) is 23.2. The van der Waals surface area contributed by atoms with Gasteiger partial charge in [0.1, 0.15) is 22.9 Å². The maximum absolute atomic E-state index is 13.5. The second kappa shape index (κ2) is 11.5. The number of carbonyl (C=O) groups is 2. The molecular weight excluding hydrogens is 541 g/mol. The van der Waals surface area contributed by atoms with Gasteiger partial charge in [-0.2, -0.15) is 5.12 Å². The number of fused-ring (bicyclic) bond motifs is 1. The SMILES string of the molecule is CC1=NN(C(c2ccccc2)C2CCN(C(=O)c3cc(-c4cc5cc(NC(=O)OF)ccc5o4)ccn3)CC2)N(C)N1. The highest BCUT2D eigenvalue weighted by atomic mass is 19.3. The molecule has 11 nitrogen and oxygen atoms in total. The number of benzene rings is 2. The summed E-state index contributed by atoms with van der Waals surface area (Å²) in [7, 11) is 1.95. The van der Waals surface area contributed by atoms with Gasteiger partial charge in [0.15, 0.2) is 0 Å². The van der Waals surface area contributed by atoms with E-state index in [-0.39, 0.29) is 17.9 Å². The fraction of sp³-hybridized carbons (Fsp3) is 0.267. The molecule has 4 heterocycles. The first kappa shape index (κ1) is 27.2. The number of halogens is 1. The lowest BCUT2D eigenvalue weighted by Crippen LogP contribution is -2.47. The van der Waals surface area contributed by atoms with Crippen LogP contribution in [0, 0.1) is 5.92 Å². The second-order valence-corrected chi connectivity index (χ2v) is 10.4. The van der Waals surface area contributed by atoms with Gasteiger partial charge in [-0.3, -0.25) is 20.5 Å². The van der Waals surface area contributed by atoms with Crippen molar-refractivity contribution in [1.82, 2.24) is 25.5 Å². The number of hydrogen-bond acceptors (Lipinski definition) is 9. The molecule has 2 amide bonds. The van der Waals surface area contributed by atoms with Gasteiger partial charge in [0.2, 0.25) is 0 Å². The van der Waals surface area contributed by atoms with Gasteiger partial charge >= 0.3 is 6.09 Å². The molecule has 2 aromatic carbocycles. The fourth-order valence-corrected chi connectivity index (χ4v) is 5.70. The number of hydrazine groups is 2. The Bertz CT molecular complexity index is 1640. The highest BCUT2D eigenvalue weighted by molar-refractivity contribution is 5.94. The van der Waals surface area contributed by atoms with Crippen LogP contribution in [0.25, 0.3) is 22.3 Å². The number of amides is 2. The van der Waals surface area contributed by atoms with Crippen LogP contribution >= 0.6 is 0 Å². The van der Waals surface area contributed by atoms with Crippen molar-refractivity contribution in [3.05, 3.63) is 84.2 Å². The highest BCUT2D eigenvalue weighted by Crippen LogP contribution is 2.37. The maximum Gasteiger partial charge on any atom is 0.449 e. The lowest BCUT2D eigenvalue weighted by molar-refractivity contribution is -0.0693. The first-order chi connectivity index (χ1) is 20.4. The molecule has 12 heteroatoms. The molecular formula is C30H30FN7O4. The van der Waals surface area contributed by atoms with Crippen LogP contribution in [0.3, 0.4) is 0 Å². The van der Waals surface area contributed by atoms with Crippen LogP contribution in [0.1, 0.15) is 41.9 Å². The summed E-state index contributed by atoms with van der Waals surface area (Å²) in [5.41, 5.74) is 6.38. The summed E-state index contributed by atoms with van der Waals surface area (Å²) >= 11 is 0. The molecule has 0 spiro atoms. The van der Waals surface area contributed by atoms with Crippen molar-refractivity contribution in [2.24, 2.45) is 11.0 Å². The Hall–Kier alpha value is -4.97. The molecule has 2 aliphatic rings. The van der Waals surface area contributed by atoms with Crippen LogP contribution in [0.4, 0.5) is 15.0 Å². The van der Waals surface area contributed by atoms with E-state index in [4.69, 9.17) is 9.52 Å². The predicted octanol–water partition coefficient (Wildman–Crippen LogP) is 5.52. The maximum atomic E-state index is 13.5. The lowest BCUT2D eigenvalue weighted by Gasteiger charge is -2.40. The number of aromatic nitrogens is 1. The van der Waals surface area contributed by atoms with Crippen LogP contribution in [0.15, 0.2) is 82.4 Å². The van der Waals surface area contributed by atoms with E-state index in [1.54, 1.807) is 42.6 Å². The molecule has 0 saturated carbocycles. The van der Waals surface area contributed by atoms with Crippen molar-refractivity contribution in [2.75, 3.05) is 25.5 Å². The average molecular weight is 572 g/mol. The molecule has 0 bridgehead atoms. The van der Waals surface area contributed by atoms with E-state index in [2.05, 4.69) is 32.8 Å². The Balaban J connectivity index is 1.16. The summed E-state index contributed by atoms with van der Waals surface area (Å²) in [6.07, 6.45) is 2.02. The molecule has 1 fully saturated rings. The molecule has 0 radical (unpaired) electrons. The largest absolute Gasteiger partial charge is 0.456 e. The van der Waals surface area contributed by atoms with Crippen molar-refractivity contribution in [1.29, 1.82) is 0 Å². The first-order valence-electron chi connectivity index (χ1n) is 13.7. The quantitative estimate of drug-likeness (QED) is 0.311. The van der Waals surface area contributed by atoms with Gasteiger partial charge in [-0.25, -0.2) is 9.74 Å². The number of furan rings is 1. The van der Waals surface area contributed by atoms with E-state index in [9.17, 15) is 14.1 Å². The van der Waals surface area contributed by atoms with Crippen molar-refractivity contribution < 1.29 is 23.5 Å². The minimum absolute atomic E-state index is 0.0336. The van der Waals surface area contributed by atoms with E-state index in [0.29, 0.717) is 46.8 Å². The van der Waals surface area contributed by atoms with Gasteiger partial charge in [-0.05, 0) is 67.6 Å². The zero-order valence-corrected chi connectivity index (χ0v) is 23.2. The van der Waals surface area contributed by atoms with Crippen LogP contribution in [0.5, 0.6) is 0 Å². The number of amidine groups is 1. The zero-order chi connectivity index (χ0) is 29.2. The minimum atomic E-state index is -1.21. The topological polar surface area (TPSA) is 116 Å². The second-order valence-electron chi connectivity index (χ2n) is 10.4. The minimum Gasteiger partial charge on any atom is -0.456 e. The van der Waals surface area contributed by atoms with Gasteiger partial charge in [0, 0.05) is 47.5 Å². The third-order valence-electron chi connectivity index (χ3n) is 7.64. The molecule has 2 aliphatic heterocycles. The van der Waals surface area contributed by atoms with E-state index >= 15 is 0 Å². The number of pyridine rings is 1. The molecule has 1 unspecified atom stereocenters. The Morgan fingerprint density at radius 1 is 1.10 bits per heavy atom. The summed E-state index contributed by atoms with van der Waals surface area (Å²) in [6, 6.07) is 20.5. The van der Waals surface area contributed by atoms with Crippen LogP contribution < -0.4 is 10.7 Å². The molecule has 0 aliphatic carbocycles. The van der Waals surface area contributed by atoms with Crippen molar-refractivity contribution in [3.63, 3.8) is 0 Å². The molecule has 216 valence electrons. The Morgan fingerprint density at radius 3 is 2.60 bits per heavy atom. The van der Waals surface area contributed by atoms with E-state index in [1.165, 1.54) is 5.56 Å². The van der Waals surface area contributed by atoms with Crippen LogP contribution in [-0.4, -0.2) is 58.1 Å². The smallest absolute Gasteiger partial charge is 0.449 e. The van der Waals surface area contributed by atoms with E-state index < -0.39 is 6.09 Å². The average Bonchev–Trinajstić information content (AvgIpc) is 3.59. The summed E-state index contributed by atoms with van der Waals surface area (Å²) in [5, 5.41) is 11.6. The Kier molecular flexibility index (Phi) is 7.44. The molecule has 42 heavy (non-hydrogen) atoms. The summed E-state index contributed by atoms with van der Waals surface area (Å²) < 4.78 is 18.1.